The van der Waals surface area contributed by atoms with Crippen molar-refractivity contribution in [3.63, 3.8) is 0 Å². The fraction of sp³-hybridized carbons (Fsp3) is 0.417. The summed E-state index contributed by atoms with van der Waals surface area (Å²) in [5.74, 6) is 0.772. The summed E-state index contributed by atoms with van der Waals surface area (Å²) < 4.78 is 11.5. The van der Waals surface area contributed by atoms with E-state index in [4.69, 9.17) is 9.47 Å². The first-order chi connectivity index (χ1) is 14.7. The highest BCUT2D eigenvalue weighted by Crippen LogP contribution is 2.26. The Bertz CT molecular complexity index is 837. The summed E-state index contributed by atoms with van der Waals surface area (Å²) in [6.45, 7) is 2.68. The van der Waals surface area contributed by atoms with Gasteiger partial charge in [-0.1, -0.05) is 48.5 Å². The van der Waals surface area contributed by atoms with E-state index in [1.54, 1.807) is 4.90 Å². The van der Waals surface area contributed by atoms with Crippen LogP contribution < -0.4 is 4.74 Å². The second-order valence-electron chi connectivity index (χ2n) is 7.77. The van der Waals surface area contributed by atoms with Gasteiger partial charge in [-0.05, 0) is 24.1 Å². The highest BCUT2D eigenvalue weighted by Gasteiger charge is 2.42. The van der Waals surface area contributed by atoms with Crippen molar-refractivity contribution in [1.82, 2.24) is 9.80 Å². The lowest BCUT2D eigenvalue weighted by Gasteiger charge is -2.32. The van der Waals surface area contributed by atoms with E-state index >= 15 is 0 Å². The molecule has 0 radical (unpaired) electrons. The standard InChI is InChI=1S/C24H28N2O4/c27-23(12-11-19-7-3-1-4-8-19)26-18-21(30-20-9-5-2-6-10-20)17-22(26)24(28)25-13-15-29-16-14-25/h1-10,21-22H,11-18H2/t21-,22-/m0/s1. The fourth-order valence-electron chi connectivity index (χ4n) is 4.12. The summed E-state index contributed by atoms with van der Waals surface area (Å²) in [5, 5.41) is 0. The van der Waals surface area contributed by atoms with Crippen molar-refractivity contribution in [3.05, 3.63) is 66.2 Å². The molecule has 0 saturated carbocycles. The van der Waals surface area contributed by atoms with Crippen molar-refractivity contribution in [2.24, 2.45) is 0 Å². The molecule has 2 saturated heterocycles. The van der Waals surface area contributed by atoms with Crippen LogP contribution in [0.15, 0.2) is 60.7 Å². The van der Waals surface area contributed by atoms with Crippen LogP contribution in [0.2, 0.25) is 0 Å². The van der Waals surface area contributed by atoms with Crippen LogP contribution in [0.3, 0.4) is 0 Å². The van der Waals surface area contributed by atoms with Crippen LogP contribution in [0, 0.1) is 0 Å². The Labute approximate surface area is 177 Å². The highest BCUT2D eigenvalue weighted by atomic mass is 16.5. The molecule has 0 aliphatic carbocycles. The summed E-state index contributed by atoms with van der Waals surface area (Å²) in [6.07, 6.45) is 1.37. The van der Waals surface area contributed by atoms with Crippen LogP contribution in [-0.4, -0.2) is 66.6 Å². The fourth-order valence-corrected chi connectivity index (χ4v) is 4.12. The quantitative estimate of drug-likeness (QED) is 0.737. The topological polar surface area (TPSA) is 59.1 Å². The number of carbonyl (C=O) groups excluding carboxylic acids is 2. The average molecular weight is 408 g/mol. The molecule has 6 heteroatoms. The third kappa shape index (κ3) is 5.00. The van der Waals surface area contributed by atoms with Crippen molar-refractivity contribution in [2.75, 3.05) is 32.8 Å². The number of hydrogen-bond acceptors (Lipinski definition) is 4. The van der Waals surface area contributed by atoms with Crippen LogP contribution in [-0.2, 0) is 20.7 Å². The molecule has 158 valence electrons. The molecule has 2 amide bonds. The zero-order valence-electron chi connectivity index (χ0n) is 17.1. The number of aryl methyl sites for hydroxylation is 1. The van der Waals surface area contributed by atoms with Gasteiger partial charge in [0, 0.05) is 25.9 Å². The van der Waals surface area contributed by atoms with Gasteiger partial charge < -0.3 is 19.3 Å². The minimum Gasteiger partial charge on any atom is -0.488 e. The normalized spacial score (nSPS) is 21.5. The SMILES string of the molecule is O=C([C@@H]1C[C@H](Oc2ccccc2)CN1C(=O)CCc1ccccc1)N1CCOCC1. The van der Waals surface area contributed by atoms with Crippen molar-refractivity contribution in [2.45, 2.75) is 31.4 Å². The number of benzene rings is 2. The first-order valence-electron chi connectivity index (χ1n) is 10.6. The van der Waals surface area contributed by atoms with Crippen LogP contribution in [0.4, 0.5) is 0 Å². The van der Waals surface area contributed by atoms with Crippen LogP contribution in [0.5, 0.6) is 5.75 Å². The maximum absolute atomic E-state index is 13.2. The molecule has 0 spiro atoms. The van der Waals surface area contributed by atoms with E-state index in [-0.39, 0.29) is 17.9 Å². The second kappa shape index (κ2) is 9.76. The molecule has 0 aromatic heterocycles. The maximum Gasteiger partial charge on any atom is 0.245 e. The van der Waals surface area contributed by atoms with Crippen LogP contribution in [0.1, 0.15) is 18.4 Å². The van der Waals surface area contributed by atoms with Gasteiger partial charge in [0.1, 0.15) is 17.9 Å². The lowest BCUT2D eigenvalue weighted by Crippen LogP contribution is -2.51. The lowest BCUT2D eigenvalue weighted by atomic mass is 10.1. The maximum atomic E-state index is 13.2. The van der Waals surface area contributed by atoms with Gasteiger partial charge in [-0.25, -0.2) is 0 Å². The van der Waals surface area contributed by atoms with Gasteiger partial charge >= 0.3 is 0 Å². The van der Waals surface area contributed by atoms with E-state index in [9.17, 15) is 9.59 Å². The van der Waals surface area contributed by atoms with E-state index in [0.29, 0.717) is 52.1 Å². The van der Waals surface area contributed by atoms with E-state index < -0.39 is 6.04 Å². The minimum absolute atomic E-state index is 0.00428. The molecule has 0 unspecified atom stereocenters. The molecule has 2 fully saturated rings. The molecule has 6 nitrogen and oxygen atoms in total. The number of ether oxygens (including phenoxy) is 2. The predicted octanol–water partition coefficient (Wildman–Crippen LogP) is 2.53. The lowest BCUT2D eigenvalue weighted by molar-refractivity contribution is -0.146. The predicted molar refractivity (Wildman–Crippen MR) is 113 cm³/mol. The van der Waals surface area contributed by atoms with E-state index in [1.165, 1.54) is 0 Å². The van der Waals surface area contributed by atoms with E-state index in [0.717, 1.165) is 11.3 Å². The summed E-state index contributed by atoms with van der Waals surface area (Å²) >= 11 is 0. The van der Waals surface area contributed by atoms with Gasteiger partial charge in [0.2, 0.25) is 11.8 Å². The second-order valence-corrected chi connectivity index (χ2v) is 7.77. The molecule has 2 heterocycles. The van der Waals surface area contributed by atoms with Crippen molar-refractivity contribution in [1.29, 1.82) is 0 Å². The van der Waals surface area contributed by atoms with Gasteiger partial charge in [0.25, 0.3) is 0 Å². The number of likely N-dealkylation sites (tertiary alicyclic amines) is 1. The van der Waals surface area contributed by atoms with Crippen LogP contribution in [0.25, 0.3) is 0 Å². The molecular weight excluding hydrogens is 380 g/mol. The summed E-state index contributed by atoms with van der Waals surface area (Å²) in [7, 11) is 0. The molecule has 2 aromatic rings. The van der Waals surface area contributed by atoms with Gasteiger partial charge in [0.15, 0.2) is 0 Å². The Balaban J connectivity index is 1.45. The van der Waals surface area contributed by atoms with Crippen LogP contribution >= 0.6 is 0 Å². The van der Waals surface area contributed by atoms with E-state index in [1.807, 2.05) is 65.6 Å². The number of nitrogens with zero attached hydrogens (tertiary/aromatic N) is 2. The van der Waals surface area contributed by atoms with Gasteiger partial charge in [-0.2, -0.15) is 0 Å². The average Bonchev–Trinajstić information content (AvgIpc) is 3.22. The number of para-hydroxylation sites is 1. The summed E-state index contributed by atoms with van der Waals surface area (Å²) in [6, 6.07) is 19.1. The molecule has 0 bridgehead atoms. The number of hydrogen-bond donors (Lipinski definition) is 0. The molecule has 2 aliphatic heterocycles. The molecule has 2 aliphatic rings. The minimum atomic E-state index is -0.472. The number of amides is 2. The molecule has 2 atom stereocenters. The smallest absolute Gasteiger partial charge is 0.245 e. The Morgan fingerprint density at radius 1 is 0.967 bits per heavy atom. The first kappa shape index (κ1) is 20.4. The molecule has 30 heavy (non-hydrogen) atoms. The zero-order valence-corrected chi connectivity index (χ0v) is 17.1. The molecular formula is C24H28N2O4. The van der Waals surface area contributed by atoms with Crippen molar-refractivity contribution < 1.29 is 19.1 Å². The summed E-state index contributed by atoms with van der Waals surface area (Å²) in [5.41, 5.74) is 1.12. The Morgan fingerprint density at radius 2 is 1.63 bits per heavy atom. The summed E-state index contributed by atoms with van der Waals surface area (Å²) in [4.78, 5) is 29.8. The van der Waals surface area contributed by atoms with Gasteiger partial charge in [-0.3, -0.25) is 9.59 Å². The molecule has 4 rings (SSSR count). The Kier molecular flexibility index (Phi) is 6.64. The number of morpholine rings is 1. The Morgan fingerprint density at radius 3 is 2.33 bits per heavy atom. The number of carbonyl (C=O) groups is 2. The van der Waals surface area contributed by atoms with Crippen molar-refractivity contribution >= 4 is 11.8 Å². The third-order valence-corrected chi connectivity index (χ3v) is 5.71. The number of rotatable bonds is 6. The van der Waals surface area contributed by atoms with E-state index in [2.05, 4.69) is 0 Å². The molecule has 2 aromatic carbocycles. The first-order valence-corrected chi connectivity index (χ1v) is 10.6. The van der Waals surface area contributed by atoms with Gasteiger partial charge in [-0.15, -0.1) is 0 Å². The Hall–Kier alpha value is -2.86. The molecule has 0 N–H and O–H groups in total. The van der Waals surface area contributed by atoms with Gasteiger partial charge in [0.05, 0.1) is 19.8 Å². The largest absolute Gasteiger partial charge is 0.488 e. The monoisotopic (exact) mass is 408 g/mol. The highest BCUT2D eigenvalue weighted by molar-refractivity contribution is 5.88. The van der Waals surface area contributed by atoms with Crippen molar-refractivity contribution in [3.8, 4) is 5.75 Å². The third-order valence-electron chi connectivity index (χ3n) is 5.71. The zero-order chi connectivity index (χ0) is 20.8.